The van der Waals surface area contributed by atoms with E-state index in [-0.39, 0.29) is 5.91 Å². The highest BCUT2D eigenvalue weighted by Crippen LogP contribution is 2.24. The molecule has 1 N–H and O–H groups in total. The zero-order chi connectivity index (χ0) is 19.2. The number of piperazine rings is 1. The van der Waals surface area contributed by atoms with Gasteiger partial charge in [-0.15, -0.1) is 0 Å². The first-order valence-corrected chi connectivity index (χ1v) is 9.75. The summed E-state index contributed by atoms with van der Waals surface area (Å²) in [6.07, 6.45) is 1.57. The quantitative estimate of drug-likeness (QED) is 0.716. The summed E-state index contributed by atoms with van der Waals surface area (Å²) in [5, 5.41) is 3.00. The number of anilines is 1. The molecule has 1 fully saturated rings. The normalized spacial score (nSPS) is 14.8. The average Bonchev–Trinajstić information content (AvgIpc) is 3.26. The second-order valence-corrected chi connectivity index (χ2v) is 6.95. The number of furan rings is 1. The van der Waals surface area contributed by atoms with Gasteiger partial charge in [-0.05, 0) is 23.8 Å². The van der Waals surface area contributed by atoms with Crippen molar-refractivity contribution in [2.24, 2.45) is 0 Å². The van der Waals surface area contributed by atoms with Gasteiger partial charge in [0.05, 0.1) is 6.26 Å². The Morgan fingerprint density at radius 3 is 2.29 bits per heavy atom. The summed E-state index contributed by atoms with van der Waals surface area (Å²) in [4.78, 5) is 17.3. The predicted octanol–water partition coefficient (Wildman–Crippen LogP) is 3.50. The zero-order valence-corrected chi connectivity index (χ0v) is 15.9. The van der Waals surface area contributed by atoms with Gasteiger partial charge < -0.3 is 14.6 Å². The molecule has 144 valence electrons. The molecule has 1 aromatic heterocycles. The van der Waals surface area contributed by atoms with Gasteiger partial charge in [-0.3, -0.25) is 9.69 Å². The zero-order valence-electron chi connectivity index (χ0n) is 15.9. The van der Waals surface area contributed by atoms with E-state index in [9.17, 15) is 4.79 Å². The molecule has 0 spiro atoms. The minimum absolute atomic E-state index is 0.160. The lowest BCUT2D eigenvalue weighted by Gasteiger charge is -2.36. The number of para-hydroxylation sites is 1. The molecule has 0 bridgehead atoms. The number of amides is 1. The van der Waals surface area contributed by atoms with Crippen molar-refractivity contribution in [2.45, 2.75) is 0 Å². The maximum Gasteiger partial charge on any atom is 0.287 e. The van der Waals surface area contributed by atoms with Crippen LogP contribution in [0.3, 0.4) is 0 Å². The highest BCUT2D eigenvalue weighted by atomic mass is 16.3. The maximum atomic E-state index is 12.5. The van der Waals surface area contributed by atoms with Crippen LogP contribution in [0, 0.1) is 0 Å². The van der Waals surface area contributed by atoms with Gasteiger partial charge in [-0.1, -0.05) is 48.5 Å². The third kappa shape index (κ3) is 4.26. The van der Waals surface area contributed by atoms with E-state index in [1.807, 2.05) is 42.5 Å². The molecule has 1 amide bonds. The van der Waals surface area contributed by atoms with Gasteiger partial charge in [0.15, 0.2) is 5.76 Å². The molecule has 5 heteroatoms. The van der Waals surface area contributed by atoms with E-state index in [0.29, 0.717) is 12.3 Å². The van der Waals surface area contributed by atoms with E-state index >= 15 is 0 Å². The number of carbonyl (C=O) groups is 1. The van der Waals surface area contributed by atoms with Crippen LogP contribution in [0.1, 0.15) is 10.6 Å². The molecule has 0 saturated carbocycles. The monoisotopic (exact) mass is 375 g/mol. The third-order valence-electron chi connectivity index (χ3n) is 5.16. The van der Waals surface area contributed by atoms with Crippen LogP contribution in [0.5, 0.6) is 0 Å². The molecule has 0 aliphatic carbocycles. The number of hydrogen-bond acceptors (Lipinski definition) is 4. The smallest absolute Gasteiger partial charge is 0.287 e. The maximum absolute atomic E-state index is 12.5. The first-order valence-electron chi connectivity index (χ1n) is 9.75. The number of rotatable bonds is 6. The molecule has 0 atom stereocenters. The van der Waals surface area contributed by atoms with E-state index in [1.54, 1.807) is 6.26 Å². The largest absolute Gasteiger partial charge is 0.459 e. The van der Waals surface area contributed by atoms with Gasteiger partial charge in [0, 0.05) is 50.5 Å². The second-order valence-electron chi connectivity index (χ2n) is 6.95. The fourth-order valence-corrected chi connectivity index (χ4v) is 3.61. The number of nitrogens with zero attached hydrogens (tertiary/aromatic N) is 2. The Labute approximate surface area is 165 Å². The Kier molecular flexibility index (Phi) is 5.73. The summed E-state index contributed by atoms with van der Waals surface area (Å²) in [5.41, 5.74) is 3.09. The Balaban J connectivity index is 1.25. The van der Waals surface area contributed by atoms with Crippen LogP contribution in [-0.4, -0.2) is 50.1 Å². The molecular weight excluding hydrogens is 350 g/mol. The van der Waals surface area contributed by atoms with Crippen molar-refractivity contribution >= 4 is 11.6 Å². The summed E-state index contributed by atoms with van der Waals surface area (Å²) in [6.45, 7) is 5.47. The van der Waals surface area contributed by atoms with Gasteiger partial charge in [0.25, 0.3) is 5.91 Å². The van der Waals surface area contributed by atoms with Crippen molar-refractivity contribution in [3.05, 3.63) is 78.8 Å². The standard InChI is InChI=1S/C23H25N3O2/c27-23(22-21(11-18-28-22)19-7-3-1-4-8-19)24-12-13-25-14-16-26(17-15-25)20-9-5-2-6-10-20/h1-11,18H,12-17H2,(H,24,27). The van der Waals surface area contributed by atoms with Gasteiger partial charge >= 0.3 is 0 Å². The molecule has 2 heterocycles. The molecule has 0 radical (unpaired) electrons. The van der Waals surface area contributed by atoms with Crippen LogP contribution in [0.2, 0.25) is 0 Å². The van der Waals surface area contributed by atoms with Crippen LogP contribution in [-0.2, 0) is 0 Å². The fourth-order valence-electron chi connectivity index (χ4n) is 3.61. The predicted molar refractivity (Wildman–Crippen MR) is 112 cm³/mol. The molecule has 0 unspecified atom stereocenters. The average molecular weight is 375 g/mol. The van der Waals surface area contributed by atoms with Gasteiger partial charge in [-0.25, -0.2) is 0 Å². The molecule has 1 saturated heterocycles. The van der Waals surface area contributed by atoms with Crippen LogP contribution in [0.15, 0.2) is 77.4 Å². The summed E-state index contributed by atoms with van der Waals surface area (Å²) < 4.78 is 5.45. The lowest BCUT2D eigenvalue weighted by atomic mass is 10.1. The van der Waals surface area contributed by atoms with Gasteiger partial charge in [0.2, 0.25) is 0 Å². The Bertz CT molecular complexity index is 884. The molecule has 28 heavy (non-hydrogen) atoms. The second kappa shape index (κ2) is 8.76. The Morgan fingerprint density at radius 2 is 1.57 bits per heavy atom. The lowest BCUT2D eigenvalue weighted by molar-refractivity contribution is 0.0921. The first kappa shape index (κ1) is 18.3. The first-order chi connectivity index (χ1) is 13.8. The minimum Gasteiger partial charge on any atom is -0.459 e. The number of nitrogens with one attached hydrogen (secondary N) is 1. The van der Waals surface area contributed by atoms with E-state index in [2.05, 4.69) is 39.4 Å². The topological polar surface area (TPSA) is 48.7 Å². The third-order valence-corrected chi connectivity index (χ3v) is 5.16. The SMILES string of the molecule is O=C(NCCN1CCN(c2ccccc2)CC1)c1occc1-c1ccccc1. The van der Waals surface area contributed by atoms with Crippen molar-refractivity contribution < 1.29 is 9.21 Å². The van der Waals surface area contributed by atoms with Gasteiger partial charge in [0.1, 0.15) is 0 Å². The van der Waals surface area contributed by atoms with Crippen LogP contribution in [0.25, 0.3) is 11.1 Å². The molecule has 5 nitrogen and oxygen atoms in total. The summed E-state index contributed by atoms with van der Waals surface area (Å²) in [7, 11) is 0. The molecule has 1 aliphatic heterocycles. The van der Waals surface area contributed by atoms with Crippen molar-refractivity contribution in [2.75, 3.05) is 44.2 Å². The van der Waals surface area contributed by atoms with Crippen LogP contribution in [0.4, 0.5) is 5.69 Å². The minimum atomic E-state index is -0.160. The molecule has 3 aromatic rings. The summed E-state index contributed by atoms with van der Waals surface area (Å²) in [5.74, 6) is 0.215. The van der Waals surface area contributed by atoms with Crippen LogP contribution < -0.4 is 10.2 Å². The Hall–Kier alpha value is -3.05. The highest BCUT2D eigenvalue weighted by molar-refractivity contribution is 5.98. The molecule has 1 aliphatic rings. The molecule has 2 aromatic carbocycles. The van der Waals surface area contributed by atoms with Crippen molar-refractivity contribution in [3.8, 4) is 11.1 Å². The van der Waals surface area contributed by atoms with Gasteiger partial charge in [-0.2, -0.15) is 0 Å². The van der Waals surface area contributed by atoms with E-state index in [0.717, 1.165) is 43.9 Å². The summed E-state index contributed by atoms with van der Waals surface area (Å²) >= 11 is 0. The van der Waals surface area contributed by atoms with E-state index in [4.69, 9.17) is 4.42 Å². The number of hydrogen-bond donors (Lipinski definition) is 1. The highest BCUT2D eigenvalue weighted by Gasteiger charge is 2.19. The van der Waals surface area contributed by atoms with Crippen molar-refractivity contribution in [3.63, 3.8) is 0 Å². The number of carbonyl (C=O) groups excluding carboxylic acids is 1. The molecule has 4 rings (SSSR count). The van der Waals surface area contributed by atoms with Crippen LogP contribution >= 0.6 is 0 Å². The fraction of sp³-hybridized carbons (Fsp3) is 0.261. The molecular formula is C23H25N3O2. The van der Waals surface area contributed by atoms with E-state index in [1.165, 1.54) is 5.69 Å². The summed E-state index contributed by atoms with van der Waals surface area (Å²) in [6, 6.07) is 22.2. The Morgan fingerprint density at radius 1 is 0.893 bits per heavy atom. The van der Waals surface area contributed by atoms with Crippen molar-refractivity contribution in [1.29, 1.82) is 0 Å². The lowest BCUT2D eigenvalue weighted by Crippen LogP contribution is -2.48. The van der Waals surface area contributed by atoms with Crippen molar-refractivity contribution in [1.82, 2.24) is 10.2 Å². The number of benzene rings is 2. The van der Waals surface area contributed by atoms with E-state index < -0.39 is 0 Å².